The smallest absolute Gasteiger partial charge is 0.242 e. The average molecular weight is 597 g/mol. The number of hydrogen-bond acceptors (Lipinski definition) is 5. The van der Waals surface area contributed by atoms with Crippen LogP contribution in [0.1, 0.15) is 53.0 Å². The van der Waals surface area contributed by atoms with Gasteiger partial charge >= 0.3 is 0 Å². The zero-order valence-electron chi connectivity index (χ0n) is 22.5. The molecule has 0 aliphatic heterocycles. The number of carbonyl (C=O) groups excluding carboxylic acids is 2. The van der Waals surface area contributed by atoms with Crippen LogP contribution in [0.5, 0.6) is 5.75 Å². The summed E-state index contributed by atoms with van der Waals surface area (Å²) in [5.74, 6) is 0.186. The van der Waals surface area contributed by atoms with E-state index in [0.29, 0.717) is 24.5 Å². The molecule has 10 heteroatoms. The van der Waals surface area contributed by atoms with Crippen molar-refractivity contribution in [1.82, 2.24) is 10.2 Å². The van der Waals surface area contributed by atoms with Crippen molar-refractivity contribution in [2.75, 3.05) is 23.7 Å². The van der Waals surface area contributed by atoms with E-state index >= 15 is 0 Å². The lowest BCUT2D eigenvalue weighted by molar-refractivity contribution is -0.141. The lowest BCUT2D eigenvalue weighted by Gasteiger charge is -2.32. The summed E-state index contributed by atoms with van der Waals surface area (Å²) in [4.78, 5) is 27.8. The average Bonchev–Trinajstić information content (AvgIpc) is 2.80. The molecule has 2 aromatic rings. The molecule has 2 amide bonds. The topological polar surface area (TPSA) is 96.0 Å². The van der Waals surface area contributed by atoms with Crippen LogP contribution in [0.3, 0.4) is 0 Å². The number of benzene rings is 2. The highest BCUT2D eigenvalue weighted by Crippen LogP contribution is 2.23. The number of amides is 2. The van der Waals surface area contributed by atoms with Crippen LogP contribution in [-0.4, -0.2) is 56.1 Å². The molecule has 204 valence electrons. The first-order valence-corrected chi connectivity index (χ1v) is 14.9. The van der Waals surface area contributed by atoms with Gasteiger partial charge in [0.1, 0.15) is 11.8 Å². The second-order valence-electron chi connectivity index (χ2n) is 9.93. The molecule has 0 aliphatic rings. The monoisotopic (exact) mass is 595 g/mol. The SMILES string of the molecule is CCOc1ccc(N(CCCC(=O)N(Cc2ccc(Br)cc2)C(C)C(=O)NC(C)(C)C)S(C)(=O)=O)cc1. The number of hydrogen-bond donors (Lipinski definition) is 1. The molecule has 0 saturated heterocycles. The minimum Gasteiger partial charge on any atom is -0.494 e. The molecule has 0 radical (unpaired) electrons. The quantitative estimate of drug-likeness (QED) is 0.383. The third-order valence-corrected chi connectivity index (χ3v) is 7.24. The second kappa shape index (κ2) is 13.3. The van der Waals surface area contributed by atoms with E-state index in [2.05, 4.69) is 21.2 Å². The van der Waals surface area contributed by atoms with Gasteiger partial charge in [-0.2, -0.15) is 0 Å². The van der Waals surface area contributed by atoms with E-state index in [1.807, 2.05) is 52.0 Å². The van der Waals surface area contributed by atoms with Crippen LogP contribution >= 0.6 is 15.9 Å². The van der Waals surface area contributed by atoms with Gasteiger partial charge in [-0.05, 0) is 83.0 Å². The van der Waals surface area contributed by atoms with Crippen molar-refractivity contribution in [3.05, 3.63) is 58.6 Å². The minimum atomic E-state index is -3.56. The molecular formula is C27H38BrN3O5S. The molecule has 1 N–H and O–H groups in total. The Morgan fingerprint density at radius 3 is 2.16 bits per heavy atom. The molecule has 37 heavy (non-hydrogen) atoms. The van der Waals surface area contributed by atoms with Crippen LogP contribution in [0.25, 0.3) is 0 Å². The molecule has 0 saturated carbocycles. The van der Waals surface area contributed by atoms with E-state index in [-0.39, 0.29) is 31.3 Å². The van der Waals surface area contributed by atoms with Gasteiger partial charge in [-0.1, -0.05) is 28.1 Å². The van der Waals surface area contributed by atoms with Gasteiger partial charge in [0.2, 0.25) is 21.8 Å². The Bertz CT molecular complexity index is 1150. The number of ether oxygens (including phenoxy) is 1. The van der Waals surface area contributed by atoms with Gasteiger partial charge < -0.3 is 15.0 Å². The number of sulfonamides is 1. The van der Waals surface area contributed by atoms with Gasteiger partial charge in [0, 0.05) is 29.5 Å². The maximum Gasteiger partial charge on any atom is 0.242 e. The lowest BCUT2D eigenvalue weighted by Crippen LogP contribution is -2.52. The molecule has 2 rings (SSSR count). The Morgan fingerprint density at radius 1 is 1.05 bits per heavy atom. The van der Waals surface area contributed by atoms with Gasteiger partial charge in [0.05, 0.1) is 18.6 Å². The molecule has 2 aromatic carbocycles. The van der Waals surface area contributed by atoms with E-state index in [1.165, 1.54) is 4.31 Å². The third-order valence-electron chi connectivity index (χ3n) is 5.52. The maximum atomic E-state index is 13.4. The van der Waals surface area contributed by atoms with Crippen LogP contribution in [0.2, 0.25) is 0 Å². The number of anilines is 1. The standard InChI is InChI=1S/C27H38BrN3O5S/c1-7-36-24-16-14-23(15-17-24)31(37(6,34)35)18-8-9-25(32)30(19-21-10-12-22(28)13-11-21)20(2)26(33)29-27(3,4)5/h10-17,20H,7-9,18-19H2,1-6H3,(H,29,33). The molecular weight excluding hydrogens is 558 g/mol. The van der Waals surface area contributed by atoms with E-state index in [0.717, 1.165) is 16.3 Å². The van der Waals surface area contributed by atoms with Crippen molar-refractivity contribution < 1.29 is 22.7 Å². The number of nitrogens with one attached hydrogen (secondary N) is 1. The Morgan fingerprint density at radius 2 is 1.65 bits per heavy atom. The van der Waals surface area contributed by atoms with Gasteiger partial charge in [-0.3, -0.25) is 13.9 Å². The van der Waals surface area contributed by atoms with Crippen molar-refractivity contribution in [3.8, 4) is 5.75 Å². The number of halogens is 1. The summed E-state index contributed by atoms with van der Waals surface area (Å²) in [5, 5.41) is 2.94. The van der Waals surface area contributed by atoms with E-state index in [9.17, 15) is 18.0 Å². The second-order valence-corrected chi connectivity index (χ2v) is 12.8. The maximum absolute atomic E-state index is 13.4. The van der Waals surface area contributed by atoms with Crippen molar-refractivity contribution in [2.45, 2.75) is 65.6 Å². The Labute approximate surface area is 229 Å². The van der Waals surface area contributed by atoms with Crippen LogP contribution in [-0.2, 0) is 26.2 Å². The lowest BCUT2D eigenvalue weighted by atomic mass is 10.1. The highest BCUT2D eigenvalue weighted by molar-refractivity contribution is 9.10. The summed E-state index contributed by atoms with van der Waals surface area (Å²) in [7, 11) is -3.56. The first kappa shape index (κ1) is 30.6. The number of carbonyl (C=O) groups is 2. The normalized spacial score (nSPS) is 12.5. The van der Waals surface area contributed by atoms with Crippen LogP contribution < -0.4 is 14.4 Å². The van der Waals surface area contributed by atoms with Gasteiger partial charge in [-0.25, -0.2) is 8.42 Å². The zero-order valence-corrected chi connectivity index (χ0v) is 24.9. The van der Waals surface area contributed by atoms with Gasteiger partial charge in [0.15, 0.2) is 0 Å². The molecule has 0 spiro atoms. The molecule has 0 heterocycles. The molecule has 1 unspecified atom stereocenters. The molecule has 0 fully saturated rings. The first-order valence-electron chi connectivity index (χ1n) is 12.3. The molecule has 0 aliphatic carbocycles. The zero-order chi connectivity index (χ0) is 27.8. The molecule has 1 atom stereocenters. The highest BCUT2D eigenvalue weighted by Gasteiger charge is 2.28. The fraction of sp³-hybridized carbons (Fsp3) is 0.481. The molecule has 0 aromatic heterocycles. The highest BCUT2D eigenvalue weighted by atomic mass is 79.9. The summed E-state index contributed by atoms with van der Waals surface area (Å²) in [6, 6.07) is 13.7. The fourth-order valence-electron chi connectivity index (χ4n) is 3.72. The summed E-state index contributed by atoms with van der Waals surface area (Å²) >= 11 is 3.41. The van der Waals surface area contributed by atoms with Crippen molar-refractivity contribution in [1.29, 1.82) is 0 Å². The number of nitrogens with zero attached hydrogens (tertiary/aromatic N) is 2. The molecule has 0 bridgehead atoms. The van der Waals surface area contributed by atoms with Gasteiger partial charge in [0.25, 0.3) is 0 Å². The Kier molecular flexibility index (Phi) is 11.0. The van der Waals surface area contributed by atoms with Gasteiger partial charge in [-0.15, -0.1) is 0 Å². The summed E-state index contributed by atoms with van der Waals surface area (Å²) in [6.45, 7) is 10.2. The summed E-state index contributed by atoms with van der Waals surface area (Å²) in [5.41, 5.74) is 0.952. The summed E-state index contributed by atoms with van der Waals surface area (Å²) < 4.78 is 32.6. The molecule has 8 nitrogen and oxygen atoms in total. The predicted molar refractivity (Wildman–Crippen MR) is 151 cm³/mol. The van der Waals surface area contributed by atoms with Crippen molar-refractivity contribution in [3.63, 3.8) is 0 Å². The predicted octanol–water partition coefficient (Wildman–Crippen LogP) is 4.73. The van der Waals surface area contributed by atoms with E-state index in [1.54, 1.807) is 36.1 Å². The number of rotatable bonds is 12. The van der Waals surface area contributed by atoms with Crippen molar-refractivity contribution >= 4 is 43.5 Å². The summed E-state index contributed by atoms with van der Waals surface area (Å²) in [6.07, 6.45) is 1.53. The van der Waals surface area contributed by atoms with E-state index in [4.69, 9.17) is 4.74 Å². The first-order chi connectivity index (χ1) is 17.2. The van der Waals surface area contributed by atoms with Crippen LogP contribution in [0.4, 0.5) is 5.69 Å². The Balaban J connectivity index is 2.17. The Hall–Kier alpha value is -2.59. The third kappa shape index (κ3) is 10.0. The van der Waals surface area contributed by atoms with Crippen LogP contribution in [0, 0.1) is 0 Å². The minimum absolute atomic E-state index is 0.0900. The van der Waals surface area contributed by atoms with Crippen molar-refractivity contribution in [2.24, 2.45) is 0 Å². The van der Waals surface area contributed by atoms with E-state index < -0.39 is 21.6 Å². The largest absolute Gasteiger partial charge is 0.494 e. The van der Waals surface area contributed by atoms with Crippen LogP contribution in [0.15, 0.2) is 53.0 Å². The fourth-order valence-corrected chi connectivity index (χ4v) is 4.95.